The van der Waals surface area contributed by atoms with Crippen molar-refractivity contribution in [2.75, 3.05) is 31.1 Å². The van der Waals surface area contributed by atoms with Crippen LogP contribution in [0.3, 0.4) is 0 Å². The zero-order valence-corrected chi connectivity index (χ0v) is 17.0. The first-order valence-corrected chi connectivity index (χ1v) is 9.94. The van der Waals surface area contributed by atoms with Crippen LogP contribution in [-0.2, 0) is 0 Å². The van der Waals surface area contributed by atoms with Crippen molar-refractivity contribution in [3.8, 4) is 11.5 Å². The van der Waals surface area contributed by atoms with Crippen LogP contribution in [0.1, 0.15) is 16.1 Å². The predicted octanol–water partition coefficient (Wildman–Crippen LogP) is 3.80. The number of hydrogen-bond donors (Lipinski definition) is 0. The van der Waals surface area contributed by atoms with Gasteiger partial charge in [-0.05, 0) is 37.3 Å². The molecule has 1 amide bonds. The molecule has 0 atom stereocenters. The highest BCUT2D eigenvalue weighted by Gasteiger charge is 2.27. The zero-order valence-electron chi connectivity index (χ0n) is 16.2. The third-order valence-corrected chi connectivity index (χ3v) is 5.45. The number of furan rings is 1. The van der Waals surface area contributed by atoms with Crippen molar-refractivity contribution in [1.29, 1.82) is 0 Å². The van der Waals surface area contributed by atoms with Gasteiger partial charge in [0.25, 0.3) is 11.6 Å². The van der Waals surface area contributed by atoms with Crippen molar-refractivity contribution in [3.05, 3.63) is 59.1 Å². The summed E-state index contributed by atoms with van der Waals surface area (Å²) in [4.78, 5) is 26.2. The van der Waals surface area contributed by atoms with Crippen LogP contribution in [0.15, 0.2) is 51.7 Å². The molecule has 0 N–H and O–H groups in total. The Bertz CT molecular complexity index is 1200. The molecule has 1 aliphatic heterocycles. The second-order valence-electron chi connectivity index (χ2n) is 7.09. The van der Waals surface area contributed by atoms with Gasteiger partial charge in [-0.1, -0.05) is 16.8 Å². The molecule has 1 fully saturated rings. The van der Waals surface area contributed by atoms with E-state index < -0.39 is 0 Å². The molecule has 0 spiro atoms. The van der Waals surface area contributed by atoms with E-state index in [-0.39, 0.29) is 5.91 Å². The third kappa shape index (κ3) is 3.29. The fourth-order valence-corrected chi connectivity index (χ4v) is 3.79. The van der Waals surface area contributed by atoms with Gasteiger partial charge in [-0.15, -0.1) is 0 Å². The number of pyridine rings is 2. The van der Waals surface area contributed by atoms with Gasteiger partial charge in [0.05, 0.1) is 27.9 Å². The molecule has 5 rings (SSSR count). The highest BCUT2D eigenvalue weighted by molar-refractivity contribution is 6.30. The Morgan fingerprint density at radius 2 is 2.00 bits per heavy atom. The van der Waals surface area contributed by atoms with E-state index in [4.69, 9.17) is 20.5 Å². The summed E-state index contributed by atoms with van der Waals surface area (Å²) < 4.78 is 10.8. The molecule has 152 valence electrons. The first-order chi connectivity index (χ1) is 14.6. The lowest BCUT2D eigenvalue weighted by molar-refractivity contribution is 0.0748. The van der Waals surface area contributed by atoms with Gasteiger partial charge in [-0.2, -0.15) is 0 Å². The molecule has 0 saturated carbocycles. The van der Waals surface area contributed by atoms with E-state index in [1.165, 1.54) is 0 Å². The highest BCUT2D eigenvalue weighted by atomic mass is 35.5. The minimum atomic E-state index is -0.0785. The summed E-state index contributed by atoms with van der Waals surface area (Å²) in [5.41, 5.74) is 2.02. The third-order valence-electron chi connectivity index (χ3n) is 5.22. The van der Waals surface area contributed by atoms with Crippen LogP contribution in [0, 0.1) is 6.92 Å². The SMILES string of the molecule is Cc1noc2nc(-c3ccco3)cc(C(=O)N3CCN(c4ccc(Cl)cn4)CC3)c12. The number of amides is 1. The molecule has 4 aromatic heterocycles. The number of piperazine rings is 1. The van der Waals surface area contributed by atoms with Crippen molar-refractivity contribution in [2.24, 2.45) is 0 Å². The Labute approximate surface area is 177 Å². The number of fused-ring (bicyclic) bond motifs is 1. The summed E-state index contributed by atoms with van der Waals surface area (Å²) in [7, 11) is 0. The van der Waals surface area contributed by atoms with Crippen LogP contribution < -0.4 is 4.90 Å². The topological polar surface area (TPSA) is 88.5 Å². The molecule has 1 saturated heterocycles. The number of aromatic nitrogens is 3. The molecular weight excluding hydrogens is 406 g/mol. The van der Waals surface area contributed by atoms with E-state index in [1.54, 1.807) is 37.6 Å². The Kier molecular flexibility index (Phi) is 4.63. The van der Waals surface area contributed by atoms with Crippen LogP contribution in [0.5, 0.6) is 0 Å². The van der Waals surface area contributed by atoms with Crippen molar-refractivity contribution < 1.29 is 13.7 Å². The maximum atomic E-state index is 13.4. The quantitative estimate of drug-likeness (QED) is 0.495. The zero-order chi connectivity index (χ0) is 20.7. The Morgan fingerprint density at radius 3 is 2.70 bits per heavy atom. The van der Waals surface area contributed by atoms with Gasteiger partial charge in [-0.25, -0.2) is 9.97 Å². The van der Waals surface area contributed by atoms with Crippen molar-refractivity contribution >= 4 is 34.4 Å². The minimum Gasteiger partial charge on any atom is -0.463 e. The van der Waals surface area contributed by atoms with Crippen molar-refractivity contribution in [2.45, 2.75) is 6.92 Å². The number of carbonyl (C=O) groups excluding carboxylic acids is 1. The Morgan fingerprint density at radius 1 is 1.17 bits per heavy atom. The second kappa shape index (κ2) is 7.46. The predicted molar refractivity (Wildman–Crippen MR) is 112 cm³/mol. The van der Waals surface area contributed by atoms with Crippen LogP contribution in [0.2, 0.25) is 5.02 Å². The van der Waals surface area contributed by atoms with E-state index in [0.717, 1.165) is 5.82 Å². The number of hydrogen-bond acceptors (Lipinski definition) is 7. The van der Waals surface area contributed by atoms with Gasteiger partial charge >= 0.3 is 0 Å². The fourth-order valence-electron chi connectivity index (χ4n) is 3.68. The largest absolute Gasteiger partial charge is 0.463 e. The molecule has 30 heavy (non-hydrogen) atoms. The van der Waals surface area contributed by atoms with Crippen LogP contribution in [0.25, 0.3) is 22.6 Å². The normalized spacial score (nSPS) is 14.5. The molecule has 0 aliphatic carbocycles. The van der Waals surface area contributed by atoms with Gasteiger partial charge < -0.3 is 18.7 Å². The number of carbonyl (C=O) groups is 1. The Balaban J connectivity index is 1.42. The average Bonchev–Trinajstić information content (AvgIpc) is 3.44. The lowest BCUT2D eigenvalue weighted by Crippen LogP contribution is -2.49. The standard InChI is InChI=1S/C21H18ClN5O3/c1-13-19-15(11-16(17-3-2-10-29-17)24-20(19)30-25-13)21(28)27-8-6-26(7-9-27)18-5-4-14(22)12-23-18/h2-5,10-12H,6-9H2,1H3. The summed E-state index contributed by atoms with van der Waals surface area (Å²) in [6, 6.07) is 9.03. The molecule has 8 nitrogen and oxygen atoms in total. The molecule has 4 aromatic rings. The lowest BCUT2D eigenvalue weighted by atomic mass is 10.1. The molecule has 0 unspecified atom stereocenters. The molecule has 9 heteroatoms. The number of rotatable bonds is 3. The van der Waals surface area contributed by atoms with Crippen molar-refractivity contribution in [3.63, 3.8) is 0 Å². The molecule has 1 aliphatic rings. The number of nitrogens with zero attached hydrogens (tertiary/aromatic N) is 5. The lowest BCUT2D eigenvalue weighted by Gasteiger charge is -2.35. The van der Waals surface area contributed by atoms with Gasteiger partial charge in [-0.3, -0.25) is 4.79 Å². The molecular formula is C21H18ClN5O3. The van der Waals surface area contributed by atoms with Crippen LogP contribution in [0.4, 0.5) is 5.82 Å². The summed E-state index contributed by atoms with van der Waals surface area (Å²) in [5, 5.41) is 5.24. The van der Waals surface area contributed by atoms with E-state index in [1.807, 2.05) is 17.0 Å². The van der Waals surface area contributed by atoms with Gasteiger partial charge in [0.2, 0.25) is 0 Å². The second-order valence-corrected chi connectivity index (χ2v) is 7.53. The average molecular weight is 424 g/mol. The van der Waals surface area contributed by atoms with Gasteiger partial charge in [0.1, 0.15) is 11.5 Å². The van der Waals surface area contributed by atoms with E-state index in [9.17, 15) is 4.79 Å². The maximum Gasteiger partial charge on any atom is 0.259 e. The number of halogens is 1. The van der Waals surface area contributed by atoms with Crippen LogP contribution in [-0.4, -0.2) is 52.1 Å². The number of anilines is 1. The smallest absolute Gasteiger partial charge is 0.259 e. The van der Waals surface area contributed by atoms with Gasteiger partial charge in [0, 0.05) is 32.4 Å². The van der Waals surface area contributed by atoms with E-state index in [0.29, 0.717) is 65.0 Å². The van der Waals surface area contributed by atoms with Crippen LogP contribution >= 0.6 is 11.6 Å². The summed E-state index contributed by atoms with van der Waals surface area (Å²) in [6.07, 6.45) is 3.20. The monoisotopic (exact) mass is 423 g/mol. The minimum absolute atomic E-state index is 0.0785. The summed E-state index contributed by atoms with van der Waals surface area (Å²) >= 11 is 5.93. The van der Waals surface area contributed by atoms with E-state index >= 15 is 0 Å². The Hall–Kier alpha value is -3.39. The summed E-state index contributed by atoms with van der Waals surface area (Å²) in [5.74, 6) is 1.34. The van der Waals surface area contributed by atoms with E-state index in [2.05, 4.69) is 20.0 Å². The van der Waals surface area contributed by atoms with Gasteiger partial charge in [0.15, 0.2) is 5.76 Å². The maximum absolute atomic E-state index is 13.4. The van der Waals surface area contributed by atoms with Crippen molar-refractivity contribution in [1.82, 2.24) is 20.0 Å². The molecule has 0 radical (unpaired) electrons. The first kappa shape index (κ1) is 18.6. The molecule has 0 bridgehead atoms. The highest BCUT2D eigenvalue weighted by Crippen LogP contribution is 2.28. The number of aryl methyl sites for hydroxylation is 1. The summed E-state index contributed by atoms with van der Waals surface area (Å²) in [6.45, 7) is 4.33. The molecule has 0 aromatic carbocycles. The first-order valence-electron chi connectivity index (χ1n) is 9.57. The fraction of sp³-hybridized carbons (Fsp3) is 0.238. The molecule has 5 heterocycles.